The van der Waals surface area contributed by atoms with Crippen molar-refractivity contribution in [3.8, 4) is 0 Å². The van der Waals surface area contributed by atoms with Crippen LogP contribution in [0.3, 0.4) is 0 Å². The van der Waals surface area contributed by atoms with Crippen molar-refractivity contribution < 1.29 is 9.21 Å². The number of halogens is 1. The molecule has 1 aliphatic rings. The Kier molecular flexibility index (Phi) is 4.32. The van der Waals surface area contributed by atoms with E-state index in [9.17, 15) is 4.79 Å². The van der Waals surface area contributed by atoms with E-state index in [0.717, 1.165) is 30.5 Å². The number of nitrogens with one attached hydrogen (secondary N) is 1. The van der Waals surface area contributed by atoms with Gasteiger partial charge in [-0.3, -0.25) is 4.79 Å². The van der Waals surface area contributed by atoms with Gasteiger partial charge in [-0.2, -0.15) is 4.98 Å². The Labute approximate surface area is 150 Å². The van der Waals surface area contributed by atoms with Gasteiger partial charge in [0.1, 0.15) is 5.52 Å². The molecule has 0 bridgehead atoms. The number of oxazole rings is 1. The van der Waals surface area contributed by atoms with Gasteiger partial charge in [0.15, 0.2) is 5.58 Å². The van der Waals surface area contributed by atoms with Crippen LogP contribution in [0.4, 0.5) is 6.01 Å². The second kappa shape index (κ2) is 6.76. The summed E-state index contributed by atoms with van der Waals surface area (Å²) in [5.41, 5.74) is 2.20. The largest absolute Gasteiger partial charge is 0.423 e. The van der Waals surface area contributed by atoms with Gasteiger partial charge in [-0.25, -0.2) is 0 Å². The molecule has 4 rings (SSSR count). The molecule has 1 aliphatic heterocycles. The number of anilines is 1. The second-order valence-electron chi connectivity index (χ2n) is 6.17. The lowest BCUT2D eigenvalue weighted by molar-refractivity contribution is 0.0951. The molecule has 1 aromatic heterocycles. The summed E-state index contributed by atoms with van der Waals surface area (Å²) in [5, 5.41) is 3.55. The van der Waals surface area contributed by atoms with Gasteiger partial charge in [0.05, 0.1) is 6.04 Å². The third kappa shape index (κ3) is 3.33. The summed E-state index contributed by atoms with van der Waals surface area (Å²) < 4.78 is 5.87. The highest BCUT2D eigenvalue weighted by atomic mass is 35.5. The topological polar surface area (TPSA) is 58.4 Å². The van der Waals surface area contributed by atoms with Crippen LogP contribution in [-0.2, 0) is 0 Å². The summed E-state index contributed by atoms with van der Waals surface area (Å²) in [6.45, 7) is 1.43. The van der Waals surface area contributed by atoms with E-state index >= 15 is 0 Å². The Balaban J connectivity index is 1.45. The van der Waals surface area contributed by atoms with Crippen LogP contribution in [0.1, 0.15) is 23.2 Å². The van der Waals surface area contributed by atoms with Crippen molar-refractivity contribution in [2.24, 2.45) is 0 Å². The van der Waals surface area contributed by atoms with Crippen molar-refractivity contribution in [3.63, 3.8) is 0 Å². The van der Waals surface area contributed by atoms with E-state index in [2.05, 4.69) is 15.2 Å². The van der Waals surface area contributed by atoms with Crippen molar-refractivity contribution in [1.82, 2.24) is 10.3 Å². The summed E-state index contributed by atoms with van der Waals surface area (Å²) >= 11 is 5.95. The number of amides is 1. The quantitative estimate of drug-likeness (QED) is 0.771. The van der Waals surface area contributed by atoms with Crippen molar-refractivity contribution in [3.05, 3.63) is 59.1 Å². The number of hydrogen-bond acceptors (Lipinski definition) is 4. The van der Waals surface area contributed by atoms with Crippen molar-refractivity contribution in [2.45, 2.75) is 18.9 Å². The number of carbonyl (C=O) groups excluding carboxylic acids is 1. The molecule has 1 fully saturated rings. The molecule has 1 saturated heterocycles. The molecule has 6 heteroatoms. The fourth-order valence-electron chi connectivity index (χ4n) is 3.22. The predicted molar refractivity (Wildman–Crippen MR) is 98.2 cm³/mol. The average molecular weight is 356 g/mol. The summed E-state index contributed by atoms with van der Waals surface area (Å²) in [5.74, 6) is -0.119. The number of aromatic nitrogens is 1. The molecule has 0 radical (unpaired) electrons. The van der Waals surface area contributed by atoms with Crippen molar-refractivity contribution in [2.75, 3.05) is 18.0 Å². The summed E-state index contributed by atoms with van der Waals surface area (Å²) in [6, 6.07) is 15.5. The lowest BCUT2D eigenvalue weighted by Crippen LogP contribution is -2.40. The monoisotopic (exact) mass is 355 g/mol. The van der Waals surface area contributed by atoms with E-state index in [1.807, 2.05) is 24.3 Å². The maximum atomic E-state index is 12.3. The lowest BCUT2D eigenvalue weighted by Gasteiger charge is -2.23. The van der Waals surface area contributed by atoms with E-state index in [-0.39, 0.29) is 11.9 Å². The summed E-state index contributed by atoms with van der Waals surface area (Å²) in [4.78, 5) is 19.0. The van der Waals surface area contributed by atoms with Crippen LogP contribution in [0.5, 0.6) is 0 Å². The maximum absolute atomic E-state index is 12.3. The SMILES string of the molecule is O=C(NC[C@@H]1CCCN1c1nc2ccccc2o1)c1cccc(Cl)c1. The lowest BCUT2D eigenvalue weighted by atomic mass is 10.2. The van der Waals surface area contributed by atoms with E-state index < -0.39 is 0 Å². The number of benzene rings is 2. The van der Waals surface area contributed by atoms with Crippen molar-refractivity contribution in [1.29, 1.82) is 0 Å². The van der Waals surface area contributed by atoms with Crippen LogP contribution < -0.4 is 10.2 Å². The van der Waals surface area contributed by atoms with Gasteiger partial charge in [-0.15, -0.1) is 0 Å². The molecule has 1 amide bonds. The molecule has 128 valence electrons. The highest BCUT2D eigenvalue weighted by molar-refractivity contribution is 6.30. The number of carbonyl (C=O) groups is 1. The van der Waals surface area contributed by atoms with Crippen LogP contribution in [0, 0.1) is 0 Å². The van der Waals surface area contributed by atoms with Gasteiger partial charge in [0, 0.05) is 23.7 Å². The highest BCUT2D eigenvalue weighted by Gasteiger charge is 2.28. The highest BCUT2D eigenvalue weighted by Crippen LogP contribution is 2.28. The molecule has 5 nitrogen and oxygen atoms in total. The molecule has 0 spiro atoms. The smallest absolute Gasteiger partial charge is 0.298 e. The number of nitrogens with zero attached hydrogens (tertiary/aromatic N) is 2. The van der Waals surface area contributed by atoms with Gasteiger partial charge in [-0.05, 0) is 43.2 Å². The first-order valence-electron chi connectivity index (χ1n) is 8.37. The fourth-order valence-corrected chi connectivity index (χ4v) is 3.42. The first-order valence-corrected chi connectivity index (χ1v) is 8.74. The van der Waals surface area contributed by atoms with Gasteiger partial charge < -0.3 is 14.6 Å². The third-order valence-corrected chi connectivity index (χ3v) is 4.73. The minimum absolute atomic E-state index is 0.119. The number of hydrogen-bond donors (Lipinski definition) is 1. The molecule has 2 aromatic carbocycles. The zero-order chi connectivity index (χ0) is 17.2. The third-order valence-electron chi connectivity index (χ3n) is 4.49. The summed E-state index contributed by atoms with van der Waals surface area (Å²) in [6.07, 6.45) is 2.05. The molecule has 2 heterocycles. The van der Waals surface area contributed by atoms with Gasteiger partial charge in [0.25, 0.3) is 11.9 Å². The Morgan fingerprint density at radius 3 is 3.00 bits per heavy atom. The first kappa shape index (κ1) is 16.0. The molecule has 1 N–H and O–H groups in total. The Morgan fingerprint density at radius 2 is 2.16 bits per heavy atom. The van der Waals surface area contributed by atoms with E-state index in [1.165, 1.54) is 0 Å². The fraction of sp³-hybridized carbons (Fsp3) is 0.263. The Morgan fingerprint density at radius 1 is 1.28 bits per heavy atom. The van der Waals surface area contributed by atoms with Gasteiger partial charge in [0.2, 0.25) is 0 Å². The van der Waals surface area contributed by atoms with Crippen LogP contribution in [0.15, 0.2) is 52.9 Å². The standard InChI is InChI=1S/C19H18ClN3O2/c20-14-6-3-5-13(11-14)18(24)21-12-15-7-4-10-23(15)19-22-16-8-1-2-9-17(16)25-19/h1-3,5-6,8-9,11,15H,4,7,10,12H2,(H,21,24)/t15-/m0/s1. The van der Waals surface area contributed by atoms with E-state index in [1.54, 1.807) is 24.3 Å². The van der Waals surface area contributed by atoms with E-state index in [4.69, 9.17) is 16.0 Å². The van der Waals surface area contributed by atoms with Crippen molar-refractivity contribution >= 4 is 34.6 Å². The second-order valence-corrected chi connectivity index (χ2v) is 6.61. The number of fused-ring (bicyclic) bond motifs is 1. The Hall–Kier alpha value is -2.53. The zero-order valence-corrected chi connectivity index (χ0v) is 14.4. The van der Waals surface area contributed by atoms with Crippen LogP contribution in [0.2, 0.25) is 5.02 Å². The van der Waals surface area contributed by atoms with E-state index in [0.29, 0.717) is 23.1 Å². The maximum Gasteiger partial charge on any atom is 0.298 e. The Bertz CT molecular complexity index is 875. The molecule has 3 aromatic rings. The van der Waals surface area contributed by atoms with Gasteiger partial charge >= 0.3 is 0 Å². The molecule has 25 heavy (non-hydrogen) atoms. The number of rotatable bonds is 4. The van der Waals surface area contributed by atoms with Crippen LogP contribution in [0.25, 0.3) is 11.1 Å². The van der Waals surface area contributed by atoms with Crippen LogP contribution >= 0.6 is 11.6 Å². The van der Waals surface area contributed by atoms with Crippen LogP contribution in [-0.4, -0.2) is 30.0 Å². The average Bonchev–Trinajstić information content (AvgIpc) is 3.25. The molecule has 0 saturated carbocycles. The minimum Gasteiger partial charge on any atom is -0.423 e. The zero-order valence-electron chi connectivity index (χ0n) is 13.6. The minimum atomic E-state index is -0.119. The predicted octanol–water partition coefficient (Wildman–Crippen LogP) is 3.88. The van der Waals surface area contributed by atoms with Gasteiger partial charge in [-0.1, -0.05) is 29.8 Å². The molecular formula is C19H18ClN3O2. The molecule has 1 atom stereocenters. The number of para-hydroxylation sites is 2. The molecule has 0 unspecified atom stereocenters. The molecule has 0 aliphatic carbocycles. The normalized spacial score (nSPS) is 17.2. The molecular weight excluding hydrogens is 338 g/mol. The summed E-state index contributed by atoms with van der Waals surface area (Å²) in [7, 11) is 0. The first-order chi connectivity index (χ1) is 12.2.